The summed E-state index contributed by atoms with van der Waals surface area (Å²) in [6, 6.07) is 13.8. The molecule has 0 aliphatic rings. The molecule has 194 valence electrons. The number of hydrogen-bond donors (Lipinski definition) is 2. The van der Waals surface area contributed by atoms with Crippen LogP contribution in [0.1, 0.15) is 27.0 Å². The van der Waals surface area contributed by atoms with Gasteiger partial charge in [-0.3, -0.25) is 9.59 Å². The van der Waals surface area contributed by atoms with Gasteiger partial charge in [0.15, 0.2) is 0 Å². The second-order valence-electron chi connectivity index (χ2n) is 8.63. The van der Waals surface area contributed by atoms with E-state index in [2.05, 4.69) is 10.4 Å². The zero-order valence-electron chi connectivity index (χ0n) is 20.1. The maximum atomic E-state index is 14.0. The number of carbonyl (C=O) groups is 2. The Kier molecular flexibility index (Phi) is 7.71. The first kappa shape index (κ1) is 26.3. The highest BCUT2D eigenvalue weighted by Gasteiger charge is 2.25. The zero-order valence-corrected chi connectivity index (χ0v) is 20.1. The van der Waals surface area contributed by atoms with Gasteiger partial charge < -0.3 is 10.4 Å². The monoisotopic (exact) mass is 521 g/mol. The summed E-state index contributed by atoms with van der Waals surface area (Å²) in [6.07, 6.45) is 1.51. The third-order valence-electron chi connectivity index (χ3n) is 6.00. The van der Waals surface area contributed by atoms with E-state index in [4.69, 9.17) is 0 Å². The molecule has 7 nitrogen and oxygen atoms in total. The lowest BCUT2D eigenvalue weighted by molar-refractivity contribution is -0.139. The molecule has 10 heteroatoms. The van der Waals surface area contributed by atoms with Crippen LogP contribution in [0.15, 0.2) is 77.7 Å². The Morgan fingerprint density at radius 1 is 0.974 bits per heavy atom. The van der Waals surface area contributed by atoms with Gasteiger partial charge in [0.2, 0.25) is 0 Å². The van der Waals surface area contributed by atoms with Crippen molar-refractivity contribution in [2.75, 3.05) is 0 Å². The maximum Gasteiger partial charge on any atom is 0.326 e. The lowest BCUT2D eigenvalue weighted by Crippen LogP contribution is -2.43. The Morgan fingerprint density at radius 3 is 2.26 bits per heavy atom. The van der Waals surface area contributed by atoms with Crippen molar-refractivity contribution in [1.82, 2.24) is 15.1 Å². The fraction of sp³-hybridized carbons (Fsp3) is 0.143. The van der Waals surface area contributed by atoms with Crippen LogP contribution < -0.4 is 10.9 Å². The minimum absolute atomic E-state index is 0.167. The Balaban J connectivity index is 1.60. The molecule has 2 N–H and O–H groups in total. The summed E-state index contributed by atoms with van der Waals surface area (Å²) >= 11 is 0. The molecular formula is C28H22F3N3O4. The minimum Gasteiger partial charge on any atom is -0.480 e. The number of carbonyl (C=O) groups excluding carboxylic acids is 1. The average Bonchev–Trinajstić information content (AvgIpc) is 2.87. The Bertz CT molecular complexity index is 1550. The van der Waals surface area contributed by atoms with E-state index >= 15 is 0 Å². The van der Waals surface area contributed by atoms with E-state index in [-0.39, 0.29) is 18.4 Å². The standard InChI is InChI=1S/C28H22F3N3O4/c1-34-27(36)20(21(15-32-34)18-8-10-19(29)11-9-18)13-16-4-2-5-17(12-16)14-24(28(37)38)33-26(35)25-22(30)6-3-7-23(25)31/h2-12,15,24H,13-14H2,1H3,(H,33,35)(H,37,38). The van der Waals surface area contributed by atoms with E-state index in [0.29, 0.717) is 27.8 Å². The quantitative estimate of drug-likeness (QED) is 0.367. The molecule has 0 spiro atoms. The molecule has 0 radical (unpaired) electrons. The topological polar surface area (TPSA) is 101 Å². The molecule has 0 fully saturated rings. The number of aryl methyl sites for hydroxylation is 1. The largest absolute Gasteiger partial charge is 0.480 e. The van der Waals surface area contributed by atoms with Crippen molar-refractivity contribution in [3.8, 4) is 11.1 Å². The number of nitrogens with zero attached hydrogens (tertiary/aromatic N) is 2. The number of nitrogens with one attached hydrogen (secondary N) is 1. The lowest BCUT2D eigenvalue weighted by atomic mass is 9.95. The summed E-state index contributed by atoms with van der Waals surface area (Å²) < 4.78 is 42.6. The molecule has 1 unspecified atom stereocenters. The molecule has 1 aromatic heterocycles. The Morgan fingerprint density at radius 2 is 1.61 bits per heavy atom. The van der Waals surface area contributed by atoms with Crippen LogP contribution in [-0.4, -0.2) is 32.8 Å². The van der Waals surface area contributed by atoms with E-state index in [1.54, 1.807) is 36.4 Å². The summed E-state index contributed by atoms with van der Waals surface area (Å²) in [4.78, 5) is 37.2. The summed E-state index contributed by atoms with van der Waals surface area (Å²) in [6.45, 7) is 0. The number of halogens is 3. The van der Waals surface area contributed by atoms with Gasteiger partial charge in [-0.2, -0.15) is 5.10 Å². The molecule has 1 atom stereocenters. The summed E-state index contributed by atoms with van der Waals surface area (Å²) in [5, 5.41) is 15.9. The number of rotatable bonds is 8. The number of amides is 1. The smallest absolute Gasteiger partial charge is 0.326 e. The van der Waals surface area contributed by atoms with Crippen LogP contribution >= 0.6 is 0 Å². The fourth-order valence-electron chi connectivity index (χ4n) is 4.09. The minimum atomic E-state index is -1.47. The summed E-state index contributed by atoms with van der Waals surface area (Å²) in [5.74, 6) is -5.21. The number of benzene rings is 3. The van der Waals surface area contributed by atoms with Crippen molar-refractivity contribution < 1.29 is 27.9 Å². The van der Waals surface area contributed by atoms with Crippen LogP contribution in [0.25, 0.3) is 11.1 Å². The van der Waals surface area contributed by atoms with Crippen molar-refractivity contribution in [2.24, 2.45) is 7.05 Å². The van der Waals surface area contributed by atoms with Gasteiger partial charge in [0.05, 0.1) is 6.20 Å². The second-order valence-corrected chi connectivity index (χ2v) is 8.63. The first-order valence-electron chi connectivity index (χ1n) is 11.5. The number of hydrogen-bond acceptors (Lipinski definition) is 4. The van der Waals surface area contributed by atoms with Crippen LogP contribution in [0, 0.1) is 17.5 Å². The molecule has 0 aliphatic heterocycles. The molecule has 38 heavy (non-hydrogen) atoms. The van der Waals surface area contributed by atoms with Crippen molar-refractivity contribution in [3.63, 3.8) is 0 Å². The van der Waals surface area contributed by atoms with E-state index in [9.17, 15) is 32.7 Å². The third-order valence-corrected chi connectivity index (χ3v) is 6.00. The van der Waals surface area contributed by atoms with Gasteiger partial charge >= 0.3 is 5.97 Å². The van der Waals surface area contributed by atoms with Crippen molar-refractivity contribution >= 4 is 11.9 Å². The third kappa shape index (κ3) is 5.80. The number of carboxylic acids is 1. The van der Waals surface area contributed by atoms with E-state index < -0.39 is 40.9 Å². The first-order chi connectivity index (χ1) is 18.1. The van der Waals surface area contributed by atoms with E-state index in [1.165, 1.54) is 30.1 Å². The number of carboxylic acid groups (broad SMARTS) is 1. The van der Waals surface area contributed by atoms with Gasteiger partial charge in [0.1, 0.15) is 29.1 Å². The Hall–Kier alpha value is -4.73. The Labute approximate surface area is 215 Å². The van der Waals surface area contributed by atoms with Crippen LogP contribution in [0.3, 0.4) is 0 Å². The van der Waals surface area contributed by atoms with E-state index in [0.717, 1.165) is 18.2 Å². The first-order valence-corrected chi connectivity index (χ1v) is 11.5. The van der Waals surface area contributed by atoms with Gasteiger partial charge in [-0.15, -0.1) is 0 Å². The molecule has 4 rings (SSSR count). The molecule has 3 aromatic carbocycles. The van der Waals surface area contributed by atoms with E-state index in [1.807, 2.05) is 0 Å². The highest BCUT2D eigenvalue weighted by molar-refractivity contribution is 5.97. The molecule has 0 bridgehead atoms. The molecule has 0 saturated heterocycles. The van der Waals surface area contributed by atoms with Gasteiger partial charge in [0, 0.05) is 31.0 Å². The highest BCUT2D eigenvalue weighted by Crippen LogP contribution is 2.24. The normalized spacial score (nSPS) is 11.7. The van der Waals surface area contributed by atoms with Gasteiger partial charge in [-0.25, -0.2) is 22.6 Å². The molecule has 1 amide bonds. The van der Waals surface area contributed by atoms with Crippen molar-refractivity contribution in [2.45, 2.75) is 18.9 Å². The van der Waals surface area contributed by atoms with Gasteiger partial charge in [-0.05, 0) is 41.0 Å². The number of aliphatic carboxylic acids is 1. The molecule has 4 aromatic rings. The van der Waals surface area contributed by atoms with Crippen LogP contribution in [0.2, 0.25) is 0 Å². The summed E-state index contributed by atoms with van der Waals surface area (Å²) in [5.41, 5.74) is 1.51. The predicted molar refractivity (Wildman–Crippen MR) is 133 cm³/mol. The van der Waals surface area contributed by atoms with Gasteiger partial charge in [-0.1, -0.05) is 42.5 Å². The molecule has 1 heterocycles. The summed E-state index contributed by atoms with van der Waals surface area (Å²) in [7, 11) is 1.51. The average molecular weight is 521 g/mol. The SMILES string of the molecule is Cn1ncc(-c2ccc(F)cc2)c(Cc2cccc(CC(NC(=O)c3c(F)cccc3F)C(=O)O)c2)c1=O. The van der Waals surface area contributed by atoms with Crippen molar-refractivity contribution in [1.29, 1.82) is 0 Å². The predicted octanol–water partition coefficient (Wildman–Crippen LogP) is 3.88. The van der Waals surface area contributed by atoms with Crippen molar-refractivity contribution in [3.05, 3.63) is 123 Å². The van der Waals surface area contributed by atoms with Gasteiger partial charge in [0.25, 0.3) is 11.5 Å². The zero-order chi connectivity index (χ0) is 27.4. The van der Waals surface area contributed by atoms with Crippen LogP contribution in [0.4, 0.5) is 13.2 Å². The molecular weight excluding hydrogens is 499 g/mol. The highest BCUT2D eigenvalue weighted by atomic mass is 19.1. The second kappa shape index (κ2) is 11.1. The molecule has 0 aliphatic carbocycles. The maximum absolute atomic E-state index is 14.0. The molecule has 0 saturated carbocycles. The fourth-order valence-corrected chi connectivity index (χ4v) is 4.09. The number of aromatic nitrogens is 2. The van der Waals surface area contributed by atoms with Crippen LogP contribution in [0.5, 0.6) is 0 Å². The van der Waals surface area contributed by atoms with Crippen LogP contribution in [-0.2, 0) is 24.7 Å². The lowest BCUT2D eigenvalue weighted by Gasteiger charge is -2.16.